The quantitative estimate of drug-likeness (QED) is 0.198. The average molecular weight is 317 g/mol. The number of hydrogen-bond donors (Lipinski definition) is 1. The first-order valence-corrected chi connectivity index (χ1v) is 8.11. The molecule has 5 heteroatoms. The van der Waals surface area contributed by atoms with E-state index < -0.39 is 12.1 Å². The molecule has 1 atom stereocenters. The lowest BCUT2D eigenvalue weighted by molar-refractivity contribution is -0.873. The standard InChI is InChI=1S/C17H31NO4/c1-5-6-7-8-9-10-11-12-17(21)22-15(13-16(19)20)14-18(2,3)4/h9-10,15H,5-8,11-14H2,1-4H3/p+1/b10-9-/t15-/m1/s1/i2+1,3+1,4+1. The van der Waals surface area contributed by atoms with Gasteiger partial charge in [0.2, 0.25) is 0 Å². The molecular weight excluding hydrogens is 285 g/mol. The minimum atomic E-state index is -0.943. The minimum Gasteiger partial charge on any atom is -0.481 e. The van der Waals surface area contributed by atoms with Gasteiger partial charge in [-0.05, 0) is 19.3 Å². The lowest BCUT2D eigenvalue weighted by atomic mass is 10.2. The first-order chi connectivity index (χ1) is 10.2. The maximum Gasteiger partial charge on any atom is 0.307 e. The van der Waals surface area contributed by atoms with E-state index in [1.54, 1.807) is 0 Å². The van der Waals surface area contributed by atoms with Crippen molar-refractivity contribution in [2.45, 2.75) is 58.0 Å². The Kier molecular flexibility index (Phi) is 10.5. The number of carbonyl (C=O) groups excluding carboxylic acids is 1. The van der Waals surface area contributed by atoms with E-state index in [-0.39, 0.29) is 12.4 Å². The third-order valence-electron chi connectivity index (χ3n) is 3.11. The molecule has 0 aromatic heterocycles. The Bertz CT molecular complexity index is 358. The number of aliphatic carboxylic acids is 1. The number of hydrogen-bond acceptors (Lipinski definition) is 3. The van der Waals surface area contributed by atoms with Gasteiger partial charge in [0.05, 0.1) is 27.6 Å². The van der Waals surface area contributed by atoms with Crippen LogP contribution < -0.4 is 0 Å². The number of quaternary nitrogens is 1. The predicted molar refractivity (Wildman–Crippen MR) is 87.5 cm³/mol. The lowest BCUT2D eigenvalue weighted by Gasteiger charge is -2.28. The Balaban J connectivity index is 4.09. The maximum atomic E-state index is 11.8. The van der Waals surface area contributed by atoms with Crippen LogP contribution in [-0.4, -0.2) is 55.3 Å². The zero-order valence-electron chi connectivity index (χ0n) is 14.5. The van der Waals surface area contributed by atoms with Gasteiger partial charge in [0, 0.05) is 6.42 Å². The zero-order chi connectivity index (χ0) is 17.0. The molecule has 0 unspecified atom stereocenters. The summed E-state index contributed by atoms with van der Waals surface area (Å²) in [6, 6.07) is 0. The van der Waals surface area contributed by atoms with E-state index in [0.717, 1.165) is 6.42 Å². The van der Waals surface area contributed by atoms with Crippen LogP contribution in [0.2, 0.25) is 0 Å². The summed E-state index contributed by atoms with van der Waals surface area (Å²) in [6.45, 7) is 2.66. The Labute approximate surface area is 134 Å². The number of nitrogens with zero attached hydrogens (tertiary/aromatic N) is 1. The molecule has 0 bridgehead atoms. The van der Waals surface area contributed by atoms with E-state index in [2.05, 4.69) is 13.0 Å². The van der Waals surface area contributed by atoms with Gasteiger partial charge >= 0.3 is 11.9 Å². The van der Waals surface area contributed by atoms with Crippen molar-refractivity contribution in [3.8, 4) is 0 Å². The van der Waals surface area contributed by atoms with Crippen molar-refractivity contribution in [1.82, 2.24) is 0 Å². The lowest BCUT2D eigenvalue weighted by Crippen LogP contribution is -2.43. The van der Waals surface area contributed by atoms with Crippen LogP contribution in [0, 0.1) is 0 Å². The van der Waals surface area contributed by atoms with Crippen LogP contribution in [0.1, 0.15) is 51.9 Å². The van der Waals surface area contributed by atoms with E-state index in [1.807, 2.05) is 27.2 Å². The van der Waals surface area contributed by atoms with Gasteiger partial charge in [-0.2, -0.15) is 0 Å². The molecule has 0 aromatic carbocycles. The van der Waals surface area contributed by atoms with Crippen LogP contribution in [-0.2, 0) is 14.3 Å². The highest BCUT2D eigenvalue weighted by Crippen LogP contribution is 2.08. The fraction of sp³-hybridized carbons (Fsp3) is 0.765. The maximum absolute atomic E-state index is 11.8. The van der Waals surface area contributed by atoms with Crippen molar-refractivity contribution in [2.75, 3.05) is 27.7 Å². The number of carboxylic acid groups (broad SMARTS) is 1. The number of allylic oxidation sites excluding steroid dienone is 2. The molecule has 1 N–H and O–H groups in total. The number of carboxylic acids is 1. The van der Waals surface area contributed by atoms with E-state index in [0.29, 0.717) is 23.9 Å². The van der Waals surface area contributed by atoms with Crippen molar-refractivity contribution in [3.63, 3.8) is 0 Å². The highest BCUT2D eigenvalue weighted by Gasteiger charge is 2.24. The fourth-order valence-electron chi connectivity index (χ4n) is 2.14. The Morgan fingerprint density at radius 1 is 1.14 bits per heavy atom. The molecule has 22 heavy (non-hydrogen) atoms. The summed E-state index contributed by atoms with van der Waals surface area (Å²) < 4.78 is 5.87. The Morgan fingerprint density at radius 3 is 2.32 bits per heavy atom. The molecule has 0 spiro atoms. The number of ether oxygens (including phenoxy) is 1. The monoisotopic (exact) mass is 317 g/mol. The van der Waals surface area contributed by atoms with Gasteiger partial charge in [-0.1, -0.05) is 31.9 Å². The molecule has 0 aliphatic carbocycles. The molecule has 0 amide bonds. The molecule has 0 aliphatic heterocycles. The molecule has 0 aliphatic rings. The minimum absolute atomic E-state index is 0.145. The molecule has 0 rings (SSSR count). The Hall–Kier alpha value is -1.36. The molecule has 5 nitrogen and oxygen atoms in total. The predicted octanol–water partition coefficient (Wildman–Crippen LogP) is 3.00. The highest BCUT2D eigenvalue weighted by molar-refractivity contribution is 5.71. The molecule has 0 saturated carbocycles. The summed E-state index contributed by atoms with van der Waals surface area (Å²) in [5.41, 5.74) is 0. The highest BCUT2D eigenvalue weighted by atomic mass is 16.5. The second-order valence-corrected chi connectivity index (χ2v) is 6.69. The molecular formula is C17H32NO4+. The summed E-state index contributed by atoms with van der Waals surface area (Å²) in [4.78, 5) is 22.7. The van der Waals surface area contributed by atoms with E-state index in [4.69, 9.17) is 9.84 Å². The normalized spacial score (nSPS) is 13.3. The summed E-state index contributed by atoms with van der Waals surface area (Å²) in [5.74, 6) is -1.26. The van der Waals surface area contributed by atoms with Gasteiger partial charge in [0.25, 0.3) is 0 Å². The average Bonchev–Trinajstić information content (AvgIpc) is 2.34. The Morgan fingerprint density at radius 2 is 1.77 bits per heavy atom. The molecule has 0 radical (unpaired) electrons. The summed E-state index contributed by atoms with van der Waals surface area (Å²) >= 11 is 0. The van der Waals surface area contributed by atoms with Gasteiger partial charge in [-0.25, -0.2) is 0 Å². The summed E-state index contributed by atoms with van der Waals surface area (Å²) in [7, 11) is 5.84. The van der Waals surface area contributed by atoms with Gasteiger partial charge in [-0.3, -0.25) is 9.59 Å². The van der Waals surface area contributed by atoms with Crippen LogP contribution in [0.3, 0.4) is 0 Å². The van der Waals surface area contributed by atoms with Crippen molar-refractivity contribution >= 4 is 11.9 Å². The van der Waals surface area contributed by atoms with Crippen molar-refractivity contribution in [1.29, 1.82) is 0 Å². The zero-order valence-corrected chi connectivity index (χ0v) is 14.5. The van der Waals surface area contributed by atoms with E-state index >= 15 is 0 Å². The van der Waals surface area contributed by atoms with Crippen LogP contribution >= 0.6 is 0 Å². The number of likely N-dealkylation sites (N-methyl/N-ethyl adjacent to an activating group) is 1. The van der Waals surface area contributed by atoms with Gasteiger partial charge in [0.1, 0.15) is 6.54 Å². The third-order valence-corrected chi connectivity index (χ3v) is 3.11. The van der Waals surface area contributed by atoms with E-state index in [1.165, 1.54) is 19.3 Å². The molecule has 0 heterocycles. The van der Waals surface area contributed by atoms with Crippen molar-refractivity contribution < 1.29 is 23.9 Å². The van der Waals surface area contributed by atoms with Crippen LogP contribution in [0.25, 0.3) is 0 Å². The number of rotatable bonds is 12. The van der Waals surface area contributed by atoms with Crippen molar-refractivity contribution in [3.05, 3.63) is 12.2 Å². The van der Waals surface area contributed by atoms with Crippen LogP contribution in [0.5, 0.6) is 0 Å². The van der Waals surface area contributed by atoms with E-state index in [9.17, 15) is 9.59 Å². The van der Waals surface area contributed by atoms with Crippen LogP contribution in [0.15, 0.2) is 12.2 Å². The van der Waals surface area contributed by atoms with Crippen LogP contribution in [0.4, 0.5) is 0 Å². The van der Waals surface area contributed by atoms with Gasteiger partial charge in [-0.15, -0.1) is 0 Å². The number of unbranched alkanes of at least 4 members (excludes halogenated alkanes) is 3. The molecule has 128 valence electrons. The topological polar surface area (TPSA) is 63.6 Å². The van der Waals surface area contributed by atoms with Gasteiger partial charge < -0.3 is 14.3 Å². The number of carbonyl (C=O) groups is 2. The smallest absolute Gasteiger partial charge is 0.307 e. The SMILES string of the molecule is CCCCC/C=C\CCC(=O)O[C@H](CC(=O)O)C[N+]([13CH3])([13CH3])[13CH3]. The van der Waals surface area contributed by atoms with Crippen molar-refractivity contribution in [2.24, 2.45) is 0 Å². The summed E-state index contributed by atoms with van der Waals surface area (Å²) in [5, 5.41) is 8.90. The number of esters is 1. The summed E-state index contributed by atoms with van der Waals surface area (Å²) in [6.07, 6.45) is 9.01. The third kappa shape index (κ3) is 13.6. The molecule has 0 fully saturated rings. The first kappa shape index (κ1) is 20.6. The first-order valence-electron chi connectivity index (χ1n) is 8.11. The largest absolute Gasteiger partial charge is 0.481 e. The van der Waals surface area contributed by atoms with Gasteiger partial charge in [0.15, 0.2) is 6.10 Å². The second-order valence-electron chi connectivity index (χ2n) is 6.69. The second kappa shape index (κ2) is 11.2. The molecule has 0 saturated heterocycles. The molecule has 0 aromatic rings. The fourth-order valence-corrected chi connectivity index (χ4v) is 2.14.